The molecule has 1 heterocycles. The Balaban J connectivity index is 1.40. The summed E-state index contributed by atoms with van der Waals surface area (Å²) in [5, 5.41) is 11.3. The van der Waals surface area contributed by atoms with Gasteiger partial charge in [-0.15, -0.1) is 0 Å². The number of piperidine rings is 1. The summed E-state index contributed by atoms with van der Waals surface area (Å²) in [6, 6.07) is 19.0. The predicted octanol–water partition coefficient (Wildman–Crippen LogP) is 4.67. The van der Waals surface area contributed by atoms with Crippen LogP contribution in [0.5, 0.6) is 5.75 Å². The summed E-state index contributed by atoms with van der Waals surface area (Å²) in [5.41, 5.74) is 2.45. The molecule has 190 valence electrons. The number of amides is 1. The van der Waals surface area contributed by atoms with E-state index in [0.717, 1.165) is 57.4 Å². The van der Waals surface area contributed by atoms with Crippen molar-refractivity contribution in [1.29, 1.82) is 0 Å². The van der Waals surface area contributed by atoms with E-state index in [1.54, 1.807) is 7.11 Å². The van der Waals surface area contributed by atoms with E-state index in [2.05, 4.69) is 54.4 Å². The van der Waals surface area contributed by atoms with Gasteiger partial charge in [0.05, 0.1) is 13.2 Å². The Labute approximate surface area is 211 Å². The van der Waals surface area contributed by atoms with Gasteiger partial charge in [0, 0.05) is 37.4 Å². The maximum Gasteiger partial charge on any atom is 0.222 e. The molecule has 2 aromatic rings. The first kappa shape index (κ1) is 25.7. The molecule has 1 aliphatic heterocycles. The smallest absolute Gasteiger partial charge is 0.222 e. The number of hydrogen-bond donors (Lipinski definition) is 1. The van der Waals surface area contributed by atoms with E-state index in [4.69, 9.17) is 4.74 Å². The topological polar surface area (TPSA) is 53.0 Å². The van der Waals surface area contributed by atoms with Crippen LogP contribution in [0.1, 0.15) is 56.1 Å². The van der Waals surface area contributed by atoms with Crippen molar-refractivity contribution in [2.75, 3.05) is 34.3 Å². The number of likely N-dealkylation sites (tertiary alicyclic amines) is 1. The Morgan fingerprint density at radius 3 is 2.71 bits per heavy atom. The van der Waals surface area contributed by atoms with Crippen LogP contribution in [-0.4, -0.2) is 67.3 Å². The minimum absolute atomic E-state index is 0.0488. The second kappa shape index (κ2) is 11.6. The first-order valence-corrected chi connectivity index (χ1v) is 13.2. The monoisotopic (exact) mass is 478 g/mol. The van der Waals surface area contributed by atoms with E-state index in [1.807, 2.05) is 24.1 Å². The number of unbranched alkanes of at least 4 members (excludes halogenated alkanes) is 2. The Bertz CT molecular complexity index is 965. The van der Waals surface area contributed by atoms with Crippen LogP contribution in [0.25, 0.3) is 0 Å². The molecular weight excluding hydrogens is 436 g/mol. The number of benzene rings is 2. The van der Waals surface area contributed by atoms with Crippen molar-refractivity contribution < 1.29 is 14.6 Å². The molecule has 1 saturated carbocycles. The quantitative estimate of drug-likeness (QED) is 0.532. The minimum atomic E-state index is -0.427. The molecule has 35 heavy (non-hydrogen) atoms. The van der Waals surface area contributed by atoms with Gasteiger partial charge in [0.25, 0.3) is 0 Å². The van der Waals surface area contributed by atoms with Gasteiger partial charge in [0.15, 0.2) is 0 Å². The lowest BCUT2D eigenvalue weighted by Gasteiger charge is -2.55. The fraction of sp³-hybridized carbons (Fsp3) is 0.567. The van der Waals surface area contributed by atoms with Crippen molar-refractivity contribution in [3.05, 3.63) is 65.7 Å². The molecule has 4 atom stereocenters. The second-order valence-electron chi connectivity index (χ2n) is 10.7. The number of ether oxygens (including phenoxy) is 1. The van der Waals surface area contributed by atoms with Crippen LogP contribution in [0.2, 0.25) is 0 Å². The third-order valence-corrected chi connectivity index (χ3v) is 8.52. The van der Waals surface area contributed by atoms with Crippen LogP contribution in [0.4, 0.5) is 0 Å². The molecule has 0 bridgehead atoms. The van der Waals surface area contributed by atoms with Gasteiger partial charge >= 0.3 is 0 Å². The summed E-state index contributed by atoms with van der Waals surface area (Å²) in [6.07, 6.45) is 6.84. The number of fused-ring (bicyclic) bond motifs is 1. The predicted molar refractivity (Wildman–Crippen MR) is 141 cm³/mol. The highest BCUT2D eigenvalue weighted by molar-refractivity contribution is 5.76. The summed E-state index contributed by atoms with van der Waals surface area (Å²) >= 11 is 0. The molecule has 1 saturated heterocycles. The number of rotatable bonds is 9. The van der Waals surface area contributed by atoms with Crippen LogP contribution >= 0.6 is 0 Å². The molecule has 4 rings (SSSR count). The summed E-state index contributed by atoms with van der Waals surface area (Å²) in [7, 11) is 5.79. The average molecular weight is 479 g/mol. The number of methoxy groups -OCH3 is 1. The van der Waals surface area contributed by atoms with Gasteiger partial charge in [-0.3, -0.25) is 4.79 Å². The Morgan fingerprint density at radius 1 is 1.14 bits per heavy atom. The van der Waals surface area contributed by atoms with Crippen molar-refractivity contribution in [3.8, 4) is 5.75 Å². The highest BCUT2D eigenvalue weighted by Gasteiger charge is 2.52. The van der Waals surface area contributed by atoms with Gasteiger partial charge in [-0.25, -0.2) is 0 Å². The Kier molecular flexibility index (Phi) is 8.51. The van der Waals surface area contributed by atoms with Gasteiger partial charge in [-0.05, 0) is 75.4 Å². The lowest BCUT2D eigenvalue weighted by molar-refractivity contribution is -0.136. The Hall–Kier alpha value is -2.37. The van der Waals surface area contributed by atoms with Crippen LogP contribution in [-0.2, 0) is 16.6 Å². The van der Waals surface area contributed by atoms with Crippen molar-refractivity contribution in [2.24, 2.45) is 5.92 Å². The van der Waals surface area contributed by atoms with E-state index in [0.29, 0.717) is 12.8 Å². The molecular formula is C30H42N2O3. The van der Waals surface area contributed by atoms with Gasteiger partial charge in [0.2, 0.25) is 5.91 Å². The van der Waals surface area contributed by atoms with E-state index in [9.17, 15) is 9.90 Å². The zero-order valence-electron chi connectivity index (χ0n) is 21.7. The fourth-order valence-electron chi connectivity index (χ4n) is 6.38. The van der Waals surface area contributed by atoms with Crippen LogP contribution < -0.4 is 4.74 Å². The standard InChI is InChI=1S/C30H42N2O3/c1-31-18-17-30(24-14-10-15-26(19-24)35-3)21-25(20-28(33)27(30)22-31)32(2)29(34)16-9-5-8-13-23-11-6-4-7-12-23/h4,6-7,10-12,14-15,19,25,27-28,33H,5,8-9,13,16-18,20-22H2,1-3H3/t25-,27-,28?,30-/m0/s1. The molecule has 0 aromatic heterocycles. The van der Waals surface area contributed by atoms with Crippen molar-refractivity contribution in [2.45, 2.75) is 68.9 Å². The lowest BCUT2D eigenvalue weighted by Crippen LogP contribution is -2.60. The zero-order valence-corrected chi connectivity index (χ0v) is 21.7. The van der Waals surface area contributed by atoms with Crippen molar-refractivity contribution >= 4 is 5.91 Å². The number of aliphatic hydroxyl groups is 1. The molecule has 5 heteroatoms. The number of aliphatic hydroxyl groups excluding tert-OH is 1. The van der Waals surface area contributed by atoms with Crippen molar-refractivity contribution in [1.82, 2.24) is 9.80 Å². The molecule has 2 fully saturated rings. The van der Waals surface area contributed by atoms with E-state index in [-0.39, 0.29) is 23.3 Å². The summed E-state index contributed by atoms with van der Waals surface area (Å²) in [5.74, 6) is 1.21. The number of carbonyl (C=O) groups excluding carboxylic acids is 1. The molecule has 0 spiro atoms. The molecule has 1 aliphatic carbocycles. The molecule has 0 radical (unpaired) electrons. The average Bonchev–Trinajstić information content (AvgIpc) is 2.89. The maximum absolute atomic E-state index is 13.2. The normalized spacial score (nSPS) is 26.7. The van der Waals surface area contributed by atoms with Crippen molar-refractivity contribution in [3.63, 3.8) is 0 Å². The van der Waals surface area contributed by atoms with E-state index < -0.39 is 6.10 Å². The third-order valence-electron chi connectivity index (χ3n) is 8.52. The van der Waals surface area contributed by atoms with Crippen LogP contribution in [0.3, 0.4) is 0 Å². The molecule has 1 N–H and O–H groups in total. The molecule has 1 amide bonds. The van der Waals surface area contributed by atoms with E-state index >= 15 is 0 Å². The van der Waals surface area contributed by atoms with Crippen LogP contribution in [0, 0.1) is 5.92 Å². The van der Waals surface area contributed by atoms with Gasteiger partial charge in [0.1, 0.15) is 5.75 Å². The maximum atomic E-state index is 13.2. The number of carbonyl (C=O) groups is 1. The zero-order chi connectivity index (χ0) is 24.8. The fourth-order valence-corrected chi connectivity index (χ4v) is 6.38. The first-order chi connectivity index (χ1) is 16.9. The van der Waals surface area contributed by atoms with Gasteiger partial charge in [-0.2, -0.15) is 0 Å². The summed E-state index contributed by atoms with van der Waals surface area (Å²) in [6.45, 7) is 1.87. The molecule has 1 unspecified atom stereocenters. The number of aryl methyl sites for hydroxylation is 1. The lowest BCUT2D eigenvalue weighted by atomic mass is 9.57. The third kappa shape index (κ3) is 5.90. The number of hydrogen-bond acceptors (Lipinski definition) is 4. The Morgan fingerprint density at radius 2 is 1.94 bits per heavy atom. The summed E-state index contributed by atoms with van der Waals surface area (Å²) in [4.78, 5) is 17.4. The molecule has 5 nitrogen and oxygen atoms in total. The highest BCUT2D eigenvalue weighted by Crippen LogP contribution is 2.50. The molecule has 2 aliphatic rings. The highest BCUT2D eigenvalue weighted by atomic mass is 16.5. The number of nitrogens with zero attached hydrogens (tertiary/aromatic N) is 2. The summed E-state index contributed by atoms with van der Waals surface area (Å²) < 4.78 is 5.54. The van der Waals surface area contributed by atoms with Gasteiger partial charge < -0.3 is 19.6 Å². The van der Waals surface area contributed by atoms with E-state index in [1.165, 1.54) is 11.1 Å². The minimum Gasteiger partial charge on any atom is -0.497 e. The largest absolute Gasteiger partial charge is 0.497 e. The first-order valence-electron chi connectivity index (χ1n) is 13.2. The second-order valence-corrected chi connectivity index (χ2v) is 10.7. The molecule has 2 aromatic carbocycles. The van der Waals surface area contributed by atoms with Gasteiger partial charge in [-0.1, -0.05) is 48.9 Å². The SMILES string of the molecule is COc1cccc([C@@]23CCN(C)C[C@H]2C(O)C[C@H](N(C)C(=O)CCCCCc2ccccc2)C3)c1. The van der Waals surface area contributed by atoms with Crippen LogP contribution in [0.15, 0.2) is 54.6 Å².